The van der Waals surface area contributed by atoms with Crippen LogP contribution in [-0.4, -0.2) is 64.9 Å². The lowest BCUT2D eigenvalue weighted by Crippen LogP contribution is -2.52. The highest BCUT2D eigenvalue weighted by Gasteiger charge is 2.44. The molecule has 0 unspecified atom stereocenters. The van der Waals surface area contributed by atoms with Gasteiger partial charge in [0, 0.05) is 36.4 Å². The van der Waals surface area contributed by atoms with Gasteiger partial charge in [-0.2, -0.15) is 18.2 Å². The van der Waals surface area contributed by atoms with Crippen LogP contribution >= 0.6 is 0 Å². The number of nitrogens with one attached hydrogen (secondary N) is 2. The molecule has 34 heavy (non-hydrogen) atoms. The molecule has 1 fully saturated rings. The maximum absolute atomic E-state index is 14.7. The molecule has 1 aromatic carbocycles. The largest absolute Gasteiger partial charge is 0.416 e. The zero-order valence-corrected chi connectivity index (χ0v) is 18.6. The fourth-order valence-electron chi connectivity index (χ4n) is 3.73. The van der Waals surface area contributed by atoms with Crippen LogP contribution in [0.25, 0.3) is 22.2 Å². The summed E-state index contributed by atoms with van der Waals surface area (Å²) in [5.41, 5.74) is 2.85. The van der Waals surface area contributed by atoms with Crippen molar-refractivity contribution < 1.29 is 27.1 Å². The Morgan fingerprint density at radius 1 is 1.18 bits per heavy atom. The summed E-state index contributed by atoms with van der Waals surface area (Å²) >= 11 is 0. The highest BCUT2D eigenvalue weighted by Crippen LogP contribution is 2.33. The van der Waals surface area contributed by atoms with Gasteiger partial charge < -0.3 is 20.3 Å². The number of anilines is 2. The highest BCUT2D eigenvalue weighted by molar-refractivity contribution is 5.91. The summed E-state index contributed by atoms with van der Waals surface area (Å²) in [6, 6.07) is 3.68. The van der Waals surface area contributed by atoms with E-state index in [4.69, 9.17) is 4.74 Å². The Hall–Kier alpha value is -3.54. The topological polar surface area (TPSA) is 92.3 Å². The summed E-state index contributed by atoms with van der Waals surface area (Å²) in [6.45, 7) is 2.52. The van der Waals surface area contributed by atoms with Gasteiger partial charge in [0.25, 0.3) is 0 Å². The number of carbonyl (C=O) groups excluding carboxylic acids is 1. The summed E-state index contributed by atoms with van der Waals surface area (Å²) < 4.78 is 58.4. The van der Waals surface area contributed by atoms with Gasteiger partial charge in [0.05, 0.1) is 18.8 Å². The van der Waals surface area contributed by atoms with Gasteiger partial charge in [-0.25, -0.2) is 19.2 Å². The van der Waals surface area contributed by atoms with E-state index in [1.54, 1.807) is 27.1 Å². The van der Waals surface area contributed by atoms with Crippen molar-refractivity contribution in [3.8, 4) is 11.1 Å². The number of nitrogens with zero attached hydrogens (tertiary/aromatic N) is 4. The van der Waals surface area contributed by atoms with Gasteiger partial charge in [0.15, 0.2) is 11.8 Å². The molecule has 1 saturated heterocycles. The monoisotopic (exact) mass is 478 g/mol. The third-order valence-electron chi connectivity index (χ3n) is 5.55. The van der Waals surface area contributed by atoms with Crippen LogP contribution in [0.2, 0.25) is 0 Å². The molecule has 3 aromatic rings. The summed E-state index contributed by atoms with van der Waals surface area (Å²) in [5.74, 6) is -0.283. The van der Waals surface area contributed by atoms with E-state index in [1.807, 2.05) is 6.07 Å². The van der Waals surface area contributed by atoms with Crippen molar-refractivity contribution in [1.82, 2.24) is 19.9 Å². The molecular formula is C22H22F4N6O2. The predicted molar refractivity (Wildman–Crippen MR) is 118 cm³/mol. The number of fused-ring (bicyclic) bond motifs is 1. The van der Waals surface area contributed by atoms with E-state index in [1.165, 1.54) is 12.1 Å². The number of benzene rings is 1. The number of amides is 2. The lowest BCUT2D eigenvalue weighted by Gasteiger charge is -2.33. The molecule has 1 aliphatic heterocycles. The van der Waals surface area contributed by atoms with Gasteiger partial charge in [-0.15, -0.1) is 0 Å². The fourth-order valence-corrected chi connectivity index (χ4v) is 3.73. The zero-order chi connectivity index (χ0) is 24.6. The number of ether oxygens (including phenoxy) is 1. The zero-order valence-electron chi connectivity index (χ0n) is 18.6. The molecule has 12 heteroatoms. The molecule has 0 saturated carbocycles. The van der Waals surface area contributed by atoms with E-state index in [-0.39, 0.29) is 18.8 Å². The first kappa shape index (κ1) is 23.6. The lowest BCUT2D eigenvalue weighted by molar-refractivity contribution is -0.233. The first-order valence-electron chi connectivity index (χ1n) is 10.4. The Kier molecular flexibility index (Phi) is 6.26. The van der Waals surface area contributed by atoms with E-state index in [0.717, 1.165) is 4.90 Å². The SMILES string of the molecule is CNc1ncc2cc(-c3cc(NC(=O)N4CCO[C@@H](C(F)(F)F)C4)c(F)cc3C)c(C)nc2n1. The molecule has 1 atom stereocenters. The number of hydrogen-bond donors (Lipinski definition) is 2. The Morgan fingerprint density at radius 3 is 2.65 bits per heavy atom. The number of hydrogen-bond acceptors (Lipinski definition) is 6. The van der Waals surface area contributed by atoms with Crippen LogP contribution in [0.15, 0.2) is 24.4 Å². The number of pyridine rings is 1. The predicted octanol–water partition coefficient (Wildman–Crippen LogP) is 4.28. The summed E-state index contributed by atoms with van der Waals surface area (Å²) in [4.78, 5) is 26.6. The van der Waals surface area contributed by atoms with Gasteiger partial charge in [-0.3, -0.25) is 0 Å². The number of alkyl halides is 3. The number of aromatic nitrogens is 3. The number of aryl methyl sites for hydroxylation is 2. The molecule has 2 N–H and O–H groups in total. The number of urea groups is 1. The van der Waals surface area contributed by atoms with Crippen LogP contribution in [0, 0.1) is 19.7 Å². The second-order valence-electron chi connectivity index (χ2n) is 7.90. The van der Waals surface area contributed by atoms with Gasteiger partial charge in [-0.05, 0) is 43.2 Å². The maximum Gasteiger partial charge on any atom is 0.416 e. The number of rotatable bonds is 3. The smallest absolute Gasteiger partial charge is 0.365 e. The Morgan fingerprint density at radius 2 is 1.94 bits per heavy atom. The molecule has 0 bridgehead atoms. The molecule has 180 valence electrons. The third kappa shape index (κ3) is 4.72. The Labute approximate surface area is 192 Å². The van der Waals surface area contributed by atoms with Crippen LogP contribution in [0.4, 0.5) is 34.0 Å². The van der Waals surface area contributed by atoms with E-state index >= 15 is 0 Å². The second kappa shape index (κ2) is 9.01. The minimum absolute atomic E-state index is 0.0406. The molecular weight excluding hydrogens is 456 g/mol. The average molecular weight is 478 g/mol. The molecule has 8 nitrogen and oxygen atoms in total. The minimum Gasteiger partial charge on any atom is -0.365 e. The maximum atomic E-state index is 14.7. The van der Waals surface area contributed by atoms with Gasteiger partial charge in [0.2, 0.25) is 5.95 Å². The highest BCUT2D eigenvalue weighted by atomic mass is 19.4. The van der Waals surface area contributed by atoms with Crippen molar-refractivity contribution in [3.05, 3.63) is 41.5 Å². The van der Waals surface area contributed by atoms with Gasteiger partial charge in [0.1, 0.15) is 5.82 Å². The van der Waals surface area contributed by atoms with Crippen molar-refractivity contribution in [2.75, 3.05) is 37.4 Å². The van der Waals surface area contributed by atoms with Crippen LogP contribution < -0.4 is 10.6 Å². The summed E-state index contributed by atoms with van der Waals surface area (Å²) in [7, 11) is 1.69. The van der Waals surface area contributed by atoms with E-state index in [2.05, 4.69) is 25.6 Å². The van der Waals surface area contributed by atoms with Crippen LogP contribution in [0.5, 0.6) is 0 Å². The fraction of sp³-hybridized carbons (Fsp3) is 0.364. The van der Waals surface area contributed by atoms with Gasteiger partial charge >= 0.3 is 12.2 Å². The van der Waals surface area contributed by atoms with E-state index in [0.29, 0.717) is 39.4 Å². The van der Waals surface area contributed by atoms with Crippen LogP contribution in [0.1, 0.15) is 11.3 Å². The quantitative estimate of drug-likeness (QED) is 0.546. The summed E-state index contributed by atoms with van der Waals surface area (Å²) in [5, 5.41) is 5.91. The number of carbonyl (C=O) groups is 1. The lowest BCUT2D eigenvalue weighted by atomic mass is 9.97. The summed E-state index contributed by atoms with van der Waals surface area (Å²) in [6.07, 6.45) is -5.07. The van der Waals surface area contributed by atoms with Crippen molar-refractivity contribution >= 4 is 28.7 Å². The van der Waals surface area contributed by atoms with Gasteiger partial charge in [-0.1, -0.05) is 0 Å². The van der Waals surface area contributed by atoms with Crippen molar-refractivity contribution in [2.24, 2.45) is 0 Å². The van der Waals surface area contributed by atoms with Crippen molar-refractivity contribution in [3.63, 3.8) is 0 Å². The number of halogens is 4. The first-order valence-corrected chi connectivity index (χ1v) is 10.4. The minimum atomic E-state index is -4.60. The van der Waals surface area contributed by atoms with Crippen molar-refractivity contribution in [1.29, 1.82) is 0 Å². The first-order chi connectivity index (χ1) is 16.1. The van der Waals surface area contributed by atoms with E-state index in [9.17, 15) is 22.4 Å². The molecule has 4 rings (SSSR count). The third-order valence-corrected chi connectivity index (χ3v) is 5.55. The number of morpholine rings is 1. The Bertz CT molecular complexity index is 1250. The standard InChI is InChI=1S/C22H22F4N6O2/c1-11-6-16(23)17(30-21(33)32-4-5-34-18(10-32)22(24,25)26)8-14(11)15-7-13-9-28-20(27-3)31-19(13)29-12(15)2/h6-9,18H,4-5,10H2,1-3H3,(H,30,33)(H,27,28,29,31)/t18-/m1/s1. The molecule has 0 aliphatic carbocycles. The van der Waals surface area contributed by atoms with E-state index < -0.39 is 30.7 Å². The second-order valence-corrected chi connectivity index (χ2v) is 7.90. The Balaban J connectivity index is 1.64. The normalized spacial score (nSPS) is 16.6. The molecule has 0 spiro atoms. The molecule has 3 heterocycles. The molecule has 2 amide bonds. The molecule has 0 radical (unpaired) electrons. The van der Waals surface area contributed by atoms with Crippen LogP contribution in [0.3, 0.4) is 0 Å². The molecule has 2 aromatic heterocycles. The average Bonchev–Trinajstić information content (AvgIpc) is 2.79. The van der Waals surface area contributed by atoms with Crippen LogP contribution in [-0.2, 0) is 4.74 Å². The molecule has 1 aliphatic rings. The van der Waals surface area contributed by atoms with Crippen molar-refractivity contribution in [2.45, 2.75) is 26.1 Å².